The summed E-state index contributed by atoms with van der Waals surface area (Å²) in [5.41, 5.74) is 2.97. The van der Waals surface area contributed by atoms with E-state index in [1.807, 2.05) is 36.9 Å². The molecule has 1 aromatic rings. The first-order valence-corrected chi connectivity index (χ1v) is 7.55. The van der Waals surface area contributed by atoms with Gasteiger partial charge in [0.15, 0.2) is 0 Å². The lowest BCUT2D eigenvalue weighted by Crippen LogP contribution is -2.38. The van der Waals surface area contributed by atoms with Crippen molar-refractivity contribution in [2.45, 2.75) is 39.5 Å². The molecule has 0 saturated carbocycles. The molecule has 1 aromatic carbocycles. The minimum atomic E-state index is -0.733. The Balaban J connectivity index is 1.92. The van der Waals surface area contributed by atoms with Gasteiger partial charge >= 0.3 is 5.97 Å². The highest BCUT2D eigenvalue weighted by Gasteiger charge is 2.24. The third-order valence-electron chi connectivity index (χ3n) is 4.28. The van der Waals surface area contributed by atoms with Gasteiger partial charge in [0.2, 0.25) is 0 Å². The van der Waals surface area contributed by atoms with Crippen molar-refractivity contribution in [1.29, 1.82) is 0 Å². The summed E-state index contributed by atoms with van der Waals surface area (Å²) in [6, 6.07) is 5.91. The number of carboxylic acids is 1. The summed E-state index contributed by atoms with van der Waals surface area (Å²) < 4.78 is 0. The number of aryl methyl sites for hydroxylation is 2. The standard InChI is InChI=1S/C17H23NO3/c1-12-3-5-15(13(2)11-12)17(21)18-9-7-14(8-10-18)4-6-16(19)20/h3,5,11,14H,4,6-10H2,1-2H3,(H,19,20). The second-order valence-corrected chi connectivity index (χ2v) is 5.99. The molecule has 0 aliphatic carbocycles. The maximum Gasteiger partial charge on any atom is 0.303 e. The van der Waals surface area contributed by atoms with Crippen LogP contribution in [0.5, 0.6) is 0 Å². The number of piperidine rings is 1. The van der Waals surface area contributed by atoms with Gasteiger partial charge < -0.3 is 10.0 Å². The van der Waals surface area contributed by atoms with E-state index in [4.69, 9.17) is 5.11 Å². The summed E-state index contributed by atoms with van der Waals surface area (Å²) in [7, 11) is 0. The largest absolute Gasteiger partial charge is 0.481 e. The number of carboxylic acid groups (broad SMARTS) is 1. The summed E-state index contributed by atoms with van der Waals surface area (Å²) in [6.07, 6.45) is 2.77. The molecule has 1 heterocycles. The highest BCUT2D eigenvalue weighted by atomic mass is 16.4. The molecule has 1 amide bonds. The van der Waals surface area contributed by atoms with Crippen molar-refractivity contribution >= 4 is 11.9 Å². The maximum absolute atomic E-state index is 12.5. The first kappa shape index (κ1) is 15.5. The molecule has 1 fully saturated rings. The van der Waals surface area contributed by atoms with Gasteiger partial charge in [-0.2, -0.15) is 0 Å². The molecule has 1 aliphatic rings. The van der Waals surface area contributed by atoms with Crippen LogP contribution in [-0.2, 0) is 4.79 Å². The van der Waals surface area contributed by atoms with Crippen LogP contribution in [0.25, 0.3) is 0 Å². The van der Waals surface area contributed by atoms with Crippen LogP contribution in [0.1, 0.15) is 47.2 Å². The molecule has 4 nitrogen and oxygen atoms in total. The molecule has 114 valence electrons. The zero-order valence-electron chi connectivity index (χ0n) is 12.8. The molecule has 21 heavy (non-hydrogen) atoms. The molecule has 1 saturated heterocycles. The normalized spacial score (nSPS) is 16.0. The van der Waals surface area contributed by atoms with Crippen molar-refractivity contribution in [3.8, 4) is 0 Å². The van der Waals surface area contributed by atoms with E-state index in [1.54, 1.807) is 0 Å². The van der Waals surface area contributed by atoms with E-state index in [0.717, 1.165) is 49.0 Å². The second-order valence-electron chi connectivity index (χ2n) is 5.99. The van der Waals surface area contributed by atoms with Crippen LogP contribution in [0.4, 0.5) is 0 Å². The van der Waals surface area contributed by atoms with E-state index < -0.39 is 5.97 Å². The van der Waals surface area contributed by atoms with Gasteiger partial charge in [0.05, 0.1) is 0 Å². The SMILES string of the molecule is Cc1ccc(C(=O)N2CCC(CCC(=O)O)CC2)c(C)c1. The topological polar surface area (TPSA) is 57.6 Å². The van der Waals surface area contributed by atoms with E-state index in [0.29, 0.717) is 5.92 Å². The minimum Gasteiger partial charge on any atom is -0.481 e. The average molecular weight is 289 g/mol. The fourth-order valence-corrected chi connectivity index (χ4v) is 2.98. The van der Waals surface area contributed by atoms with Crippen LogP contribution >= 0.6 is 0 Å². The third-order valence-corrected chi connectivity index (χ3v) is 4.28. The van der Waals surface area contributed by atoms with Crippen molar-refractivity contribution in [2.24, 2.45) is 5.92 Å². The predicted octanol–water partition coefficient (Wildman–Crippen LogP) is 3.02. The summed E-state index contributed by atoms with van der Waals surface area (Å²) in [5.74, 6) is -0.197. The molecule has 1 N–H and O–H groups in total. The molecule has 1 aliphatic heterocycles. The quantitative estimate of drug-likeness (QED) is 0.927. The number of rotatable bonds is 4. The fourth-order valence-electron chi connectivity index (χ4n) is 2.98. The Labute approximate surface area is 125 Å². The van der Waals surface area contributed by atoms with Gasteiger partial charge in [-0.15, -0.1) is 0 Å². The van der Waals surface area contributed by atoms with Gasteiger partial charge in [-0.3, -0.25) is 9.59 Å². The average Bonchev–Trinajstić information content (AvgIpc) is 2.45. The Bertz CT molecular complexity index is 531. The summed E-state index contributed by atoms with van der Waals surface area (Å²) in [5, 5.41) is 8.72. The Morgan fingerprint density at radius 3 is 2.48 bits per heavy atom. The van der Waals surface area contributed by atoms with Crippen molar-refractivity contribution in [3.63, 3.8) is 0 Å². The number of carbonyl (C=O) groups is 2. The lowest BCUT2D eigenvalue weighted by Gasteiger charge is -2.32. The molecule has 0 atom stereocenters. The molecular formula is C17H23NO3. The third kappa shape index (κ3) is 4.06. The number of carbonyl (C=O) groups excluding carboxylic acids is 1. The zero-order chi connectivity index (χ0) is 15.4. The molecule has 0 spiro atoms. The number of hydrogen-bond donors (Lipinski definition) is 1. The summed E-state index contributed by atoms with van der Waals surface area (Å²) in [4.78, 5) is 25.0. The van der Waals surface area contributed by atoms with E-state index in [1.165, 1.54) is 0 Å². The summed E-state index contributed by atoms with van der Waals surface area (Å²) in [6.45, 7) is 5.46. The molecule has 2 rings (SSSR count). The fraction of sp³-hybridized carbons (Fsp3) is 0.529. The second kappa shape index (κ2) is 6.74. The van der Waals surface area contributed by atoms with E-state index >= 15 is 0 Å². The number of likely N-dealkylation sites (tertiary alicyclic amines) is 1. The Morgan fingerprint density at radius 2 is 1.90 bits per heavy atom. The highest BCUT2D eigenvalue weighted by molar-refractivity contribution is 5.95. The lowest BCUT2D eigenvalue weighted by molar-refractivity contribution is -0.137. The van der Waals surface area contributed by atoms with Crippen LogP contribution in [0.2, 0.25) is 0 Å². The first-order valence-electron chi connectivity index (χ1n) is 7.55. The number of aliphatic carboxylic acids is 1. The smallest absolute Gasteiger partial charge is 0.303 e. The minimum absolute atomic E-state index is 0.101. The van der Waals surface area contributed by atoms with E-state index in [9.17, 15) is 9.59 Å². The number of hydrogen-bond acceptors (Lipinski definition) is 2. The number of amides is 1. The van der Waals surface area contributed by atoms with Crippen molar-refractivity contribution in [1.82, 2.24) is 4.90 Å². The zero-order valence-corrected chi connectivity index (χ0v) is 12.8. The van der Waals surface area contributed by atoms with Crippen molar-refractivity contribution < 1.29 is 14.7 Å². The molecule has 4 heteroatoms. The van der Waals surface area contributed by atoms with Gasteiger partial charge in [-0.1, -0.05) is 17.7 Å². The molecule has 0 unspecified atom stereocenters. The van der Waals surface area contributed by atoms with Crippen molar-refractivity contribution in [3.05, 3.63) is 34.9 Å². The van der Waals surface area contributed by atoms with Gasteiger partial charge in [0.25, 0.3) is 5.91 Å². The monoisotopic (exact) mass is 289 g/mol. The number of nitrogens with zero attached hydrogens (tertiary/aromatic N) is 1. The molecule has 0 bridgehead atoms. The van der Waals surface area contributed by atoms with Crippen LogP contribution in [-0.4, -0.2) is 35.0 Å². The lowest BCUT2D eigenvalue weighted by atomic mass is 9.91. The van der Waals surface area contributed by atoms with Crippen LogP contribution in [0.3, 0.4) is 0 Å². The summed E-state index contributed by atoms with van der Waals surface area (Å²) >= 11 is 0. The van der Waals surface area contributed by atoms with E-state index in [2.05, 4.69) is 0 Å². The van der Waals surface area contributed by atoms with Crippen LogP contribution in [0.15, 0.2) is 18.2 Å². The number of benzene rings is 1. The van der Waals surface area contributed by atoms with E-state index in [-0.39, 0.29) is 12.3 Å². The highest BCUT2D eigenvalue weighted by Crippen LogP contribution is 2.24. The first-order chi connectivity index (χ1) is 9.97. The van der Waals surface area contributed by atoms with Crippen LogP contribution in [0, 0.1) is 19.8 Å². The molecular weight excluding hydrogens is 266 g/mol. The van der Waals surface area contributed by atoms with Gasteiger partial charge in [-0.25, -0.2) is 0 Å². The Kier molecular flexibility index (Phi) is 4.99. The Morgan fingerprint density at radius 1 is 1.24 bits per heavy atom. The predicted molar refractivity (Wildman–Crippen MR) is 81.4 cm³/mol. The van der Waals surface area contributed by atoms with Gasteiger partial charge in [0.1, 0.15) is 0 Å². The molecule has 0 radical (unpaired) electrons. The van der Waals surface area contributed by atoms with Crippen LogP contribution < -0.4 is 0 Å². The van der Waals surface area contributed by atoms with Gasteiger partial charge in [-0.05, 0) is 50.7 Å². The Hall–Kier alpha value is -1.84. The van der Waals surface area contributed by atoms with Gasteiger partial charge in [0, 0.05) is 25.1 Å². The molecule has 0 aromatic heterocycles. The van der Waals surface area contributed by atoms with Crippen molar-refractivity contribution in [2.75, 3.05) is 13.1 Å². The maximum atomic E-state index is 12.5.